The highest BCUT2D eigenvalue weighted by Gasteiger charge is 2.27. The van der Waals surface area contributed by atoms with Crippen LogP contribution in [0.25, 0.3) is 0 Å². The van der Waals surface area contributed by atoms with Gasteiger partial charge in [-0.1, -0.05) is 12.1 Å². The molecule has 1 fully saturated rings. The maximum Gasteiger partial charge on any atom is 0.255 e. The van der Waals surface area contributed by atoms with Crippen LogP contribution in [0.5, 0.6) is 0 Å². The zero-order chi connectivity index (χ0) is 21.2. The Morgan fingerprint density at radius 3 is 2.31 bits per heavy atom. The van der Waals surface area contributed by atoms with Crippen molar-refractivity contribution in [2.75, 3.05) is 36.0 Å². The van der Waals surface area contributed by atoms with Crippen LogP contribution < -0.4 is 9.62 Å². The summed E-state index contributed by atoms with van der Waals surface area (Å²) in [6.45, 7) is 0.971. The first kappa shape index (κ1) is 21.3. The van der Waals surface area contributed by atoms with Crippen molar-refractivity contribution in [1.82, 2.24) is 4.31 Å². The van der Waals surface area contributed by atoms with Crippen molar-refractivity contribution >= 4 is 37.3 Å². The molecule has 1 heterocycles. The van der Waals surface area contributed by atoms with E-state index >= 15 is 0 Å². The van der Waals surface area contributed by atoms with E-state index in [9.17, 15) is 21.6 Å². The van der Waals surface area contributed by atoms with Gasteiger partial charge in [-0.3, -0.25) is 9.10 Å². The molecule has 0 aliphatic carbocycles. The van der Waals surface area contributed by atoms with Crippen molar-refractivity contribution in [2.45, 2.75) is 17.7 Å². The second-order valence-corrected chi connectivity index (χ2v) is 10.8. The number of amides is 1. The fourth-order valence-corrected chi connectivity index (χ4v) is 5.11. The van der Waals surface area contributed by atoms with Crippen molar-refractivity contribution in [3.8, 4) is 0 Å². The predicted molar refractivity (Wildman–Crippen MR) is 112 cm³/mol. The van der Waals surface area contributed by atoms with Gasteiger partial charge in [0.15, 0.2) is 0 Å². The number of carbonyl (C=O) groups excluding carboxylic acids is 1. The molecule has 1 amide bonds. The number of carbonyl (C=O) groups is 1. The molecule has 156 valence electrons. The maximum atomic E-state index is 12.7. The molecule has 1 saturated heterocycles. The average molecular weight is 438 g/mol. The van der Waals surface area contributed by atoms with Crippen LogP contribution in [-0.4, -0.2) is 53.4 Å². The lowest BCUT2D eigenvalue weighted by Gasteiger charge is -2.18. The van der Waals surface area contributed by atoms with Crippen molar-refractivity contribution in [1.29, 1.82) is 0 Å². The van der Waals surface area contributed by atoms with Crippen LogP contribution in [-0.2, 0) is 20.0 Å². The van der Waals surface area contributed by atoms with E-state index in [-0.39, 0.29) is 10.5 Å². The van der Waals surface area contributed by atoms with Gasteiger partial charge in [-0.25, -0.2) is 16.8 Å². The third-order valence-corrected chi connectivity index (χ3v) is 7.86. The van der Waals surface area contributed by atoms with Gasteiger partial charge in [-0.15, -0.1) is 0 Å². The van der Waals surface area contributed by atoms with E-state index in [2.05, 4.69) is 5.32 Å². The van der Waals surface area contributed by atoms with E-state index in [4.69, 9.17) is 0 Å². The zero-order valence-corrected chi connectivity index (χ0v) is 17.8. The third-order valence-electron chi connectivity index (χ3n) is 4.76. The van der Waals surface area contributed by atoms with Crippen LogP contribution in [0, 0.1) is 0 Å². The van der Waals surface area contributed by atoms with Gasteiger partial charge in [0.25, 0.3) is 5.91 Å². The smallest absolute Gasteiger partial charge is 0.255 e. The molecule has 0 aromatic heterocycles. The fraction of sp³-hybridized carbons (Fsp3) is 0.316. The van der Waals surface area contributed by atoms with Crippen LogP contribution in [0.3, 0.4) is 0 Å². The highest BCUT2D eigenvalue weighted by atomic mass is 32.2. The Kier molecular flexibility index (Phi) is 5.97. The van der Waals surface area contributed by atoms with E-state index in [1.807, 2.05) is 0 Å². The molecule has 0 radical (unpaired) electrons. The van der Waals surface area contributed by atoms with Crippen molar-refractivity contribution in [3.63, 3.8) is 0 Å². The van der Waals surface area contributed by atoms with E-state index in [1.54, 1.807) is 18.2 Å². The molecule has 2 aromatic carbocycles. The quantitative estimate of drug-likeness (QED) is 0.746. The molecule has 1 aliphatic rings. The summed E-state index contributed by atoms with van der Waals surface area (Å²) in [7, 11) is -5.64. The molecule has 3 rings (SSSR count). The molecular weight excluding hydrogens is 414 g/mol. The molecular formula is C19H23N3O5S2. The minimum absolute atomic E-state index is 0.0811. The largest absolute Gasteiger partial charge is 0.322 e. The Bertz CT molecular complexity index is 1120. The summed E-state index contributed by atoms with van der Waals surface area (Å²) in [5.74, 6) is -0.484. The molecule has 0 spiro atoms. The van der Waals surface area contributed by atoms with E-state index in [0.29, 0.717) is 24.5 Å². The Morgan fingerprint density at radius 2 is 1.66 bits per heavy atom. The molecule has 8 nitrogen and oxygen atoms in total. The summed E-state index contributed by atoms with van der Waals surface area (Å²) >= 11 is 0. The number of benzene rings is 2. The second-order valence-electron chi connectivity index (χ2n) is 6.87. The predicted octanol–water partition coefficient (Wildman–Crippen LogP) is 2.12. The highest BCUT2D eigenvalue weighted by Crippen LogP contribution is 2.23. The van der Waals surface area contributed by atoms with Gasteiger partial charge in [0, 0.05) is 31.4 Å². The van der Waals surface area contributed by atoms with Crippen LogP contribution in [0.4, 0.5) is 11.4 Å². The summed E-state index contributed by atoms with van der Waals surface area (Å²) in [4.78, 5) is 12.7. The van der Waals surface area contributed by atoms with Gasteiger partial charge in [0.2, 0.25) is 20.0 Å². The topological polar surface area (TPSA) is 104 Å². The van der Waals surface area contributed by atoms with Crippen LogP contribution in [0.2, 0.25) is 0 Å². The normalized spacial score (nSPS) is 15.2. The van der Waals surface area contributed by atoms with E-state index < -0.39 is 26.0 Å². The number of nitrogens with one attached hydrogen (secondary N) is 1. The standard InChI is InChI=1S/C19H23N3O5S2/c1-21(28(2,24)25)17-9-6-8-16(14-17)20-19(23)15-7-5-10-18(13-15)29(26,27)22-11-3-4-12-22/h5-10,13-14H,3-4,11-12H2,1-2H3,(H,20,23). The summed E-state index contributed by atoms with van der Waals surface area (Å²) in [5, 5.41) is 2.68. The Balaban J connectivity index is 1.82. The lowest BCUT2D eigenvalue weighted by atomic mass is 10.2. The molecule has 0 saturated carbocycles. The minimum Gasteiger partial charge on any atom is -0.322 e. The maximum absolute atomic E-state index is 12.7. The molecule has 0 atom stereocenters. The van der Waals surface area contributed by atoms with Gasteiger partial charge in [0.05, 0.1) is 16.8 Å². The number of hydrogen-bond acceptors (Lipinski definition) is 5. The SMILES string of the molecule is CN(c1cccc(NC(=O)c2cccc(S(=O)(=O)N3CCCC3)c2)c1)S(C)(=O)=O. The molecule has 2 aromatic rings. The lowest BCUT2D eigenvalue weighted by Crippen LogP contribution is -2.28. The minimum atomic E-state index is -3.62. The Morgan fingerprint density at radius 1 is 1.00 bits per heavy atom. The fourth-order valence-electron chi connectivity index (χ4n) is 3.05. The number of nitrogens with zero attached hydrogens (tertiary/aromatic N) is 2. The first-order chi connectivity index (χ1) is 13.6. The molecule has 0 bridgehead atoms. The monoisotopic (exact) mass is 437 g/mol. The van der Waals surface area contributed by atoms with Crippen molar-refractivity contribution < 1.29 is 21.6 Å². The van der Waals surface area contributed by atoms with Crippen LogP contribution in [0.15, 0.2) is 53.4 Å². The van der Waals surface area contributed by atoms with Gasteiger partial charge < -0.3 is 5.32 Å². The van der Waals surface area contributed by atoms with Gasteiger partial charge in [-0.2, -0.15) is 4.31 Å². The van der Waals surface area contributed by atoms with Crippen molar-refractivity contribution in [2.24, 2.45) is 0 Å². The number of hydrogen-bond donors (Lipinski definition) is 1. The van der Waals surface area contributed by atoms with Gasteiger partial charge in [-0.05, 0) is 49.2 Å². The van der Waals surface area contributed by atoms with Crippen molar-refractivity contribution in [3.05, 3.63) is 54.1 Å². The van der Waals surface area contributed by atoms with Gasteiger partial charge >= 0.3 is 0 Å². The summed E-state index contributed by atoms with van der Waals surface area (Å²) in [6.07, 6.45) is 2.75. The zero-order valence-electron chi connectivity index (χ0n) is 16.2. The summed E-state index contributed by atoms with van der Waals surface area (Å²) < 4.78 is 51.4. The van der Waals surface area contributed by atoms with Crippen LogP contribution >= 0.6 is 0 Å². The van der Waals surface area contributed by atoms with E-state index in [1.165, 1.54) is 41.7 Å². The number of sulfonamides is 2. The number of anilines is 2. The van der Waals surface area contributed by atoms with E-state index in [0.717, 1.165) is 23.4 Å². The molecule has 29 heavy (non-hydrogen) atoms. The summed E-state index contributed by atoms with van der Waals surface area (Å²) in [6, 6.07) is 12.3. The van der Waals surface area contributed by atoms with Gasteiger partial charge in [0.1, 0.15) is 0 Å². The first-order valence-electron chi connectivity index (χ1n) is 9.04. The third kappa shape index (κ3) is 4.77. The summed E-state index contributed by atoms with van der Waals surface area (Å²) in [5.41, 5.74) is 0.999. The highest BCUT2D eigenvalue weighted by molar-refractivity contribution is 7.92. The number of rotatable bonds is 6. The van der Waals surface area contributed by atoms with Crippen LogP contribution in [0.1, 0.15) is 23.2 Å². The Labute approximate surface area is 171 Å². The molecule has 10 heteroatoms. The Hall–Kier alpha value is -2.43. The average Bonchev–Trinajstić information content (AvgIpc) is 3.22. The molecule has 1 aliphatic heterocycles. The molecule has 1 N–H and O–H groups in total. The first-order valence-corrected chi connectivity index (χ1v) is 12.3. The second kappa shape index (κ2) is 8.13. The lowest BCUT2D eigenvalue weighted by molar-refractivity contribution is 0.102. The molecule has 0 unspecified atom stereocenters.